The van der Waals surface area contributed by atoms with E-state index in [9.17, 15) is 10.1 Å². The fourth-order valence-electron chi connectivity index (χ4n) is 2.52. The number of aryl methyl sites for hydroxylation is 2. The van der Waals surface area contributed by atoms with Gasteiger partial charge >= 0.3 is 5.97 Å². The van der Waals surface area contributed by atoms with Crippen molar-refractivity contribution in [1.29, 1.82) is 5.26 Å². The summed E-state index contributed by atoms with van der Waals surface area (Å²) < 4.78 is 0. The molecule has 0 aliphatic rings. The van der Waals surface area contributed by atoms with Crippen molar-refractivity contribution in [3.63, 3.8) is 0 Å². The van der Waals surface area contributed by atoms with E-state index in [0.29, 0.717) is 12.1 Å². The SMILES string of the molecule is Cc1cc(C)c2ncc(C#N)c(N(C)CCC(=O)O)c2c1. The largest absolute Gasteiger partial charge is 0.481 e. The van der Waals surface area contributed by atoms with Crippen molar-refractivity contribution >= 4 is 22.6 Å². The number of rotatable bonds is 4. The Hall–Kier alpha value is -2.61. The zero-order valence-electron chi connectivity index (χ0n) is 12.3. The molecule has 0 saturated heterocycles. The molecule has 108 valence electrons. The predicted octanol–water partition coefficient (Wildman–Crippen LogP) is 2.63. The topological polar surface area (TPSA) is 77.2 Å². The lowest BCUT2D eigenvalue weighted by atomic mass is 10.0. The maximum Gasteiger partial charge on any atom is 0.305 e. The van der Waals surface area contributed by atoms with Crippen molar-refractivity contribution in [2.75, 3.05) is 18.5 Å². The first-order valence-electron chi connectivity index (χ1n) is 6.67. The average Bonchev–Trinajstić information content (AvgIpc) is 2.43. The average molecular weight is 283 g/mol. The van der Waals surface area contributed by atoms with Gasteiger partial charge in [0.05, 0.1) is 23.2 Å². The van der Waals surface area contributed by atoms with Crippen LogP contribution in [0.15, 0.2) is 18.3 Å². The van der Waals surface area contributed by atoms with E-state index in [-0.39, 0.29) is 6.42 Å². The molecule has 0 spiro atoms. The summed E-state index contributed by atoms with van der Waals surface area (Å²) in [6, 6.07) is 6.18. The predicted molar refractivity (Wildman–Crippen MR) is 81.5 cm³/mol. The summed E-state index contributed by atoms with van der Waals surface area (Å²) in [5.74, 6) is -0.855. The van der Waals surface area contributed by atoms with Gasteiger partial charge in [-0.1, -0.05) is 11.6 Å². The number of anilines is 1. The molecule has 21 heavy (non-hydrogen) atoms. The molecular formula is C16H17N3O2. The number of benzene rings is 1. The summed E-state index contributed by atoms with van der Waals surface area (Å²) in [6.45, 7) is 4.32. The van der Waals surface area contributed by atoms with Gasteiger partial charge in [0.2, 0.25) is 0 Å². The number of hydrogen-bond donors (Lipinski definition) is 1. The summed E-state index contributed by atoms with van der Waals surface area (Å²) in [6.07, 6.45) is 1.58. The summed E-state index contributed by atoms with van der Waals surface area (Å²) in [5.41, 5.74) is 4.18. The fourth-order valence-corrected chi connectivity index (χ4v) is 2.52. The smallest absolute Gasteiger partial charge is 0.305 e. The zero-order valence-corrected chi connectivity index (χ0v) is 12.3. The molecule has 0 fully saturated rings. The number of nitriles is 1. The van der Waals surface area contributed by atoms with Crippen molar-refractivity contribution in [2.45, 2.75) is 20.3 Å². The molecule has 0 bridgehead atoms. The lowest BCUT2D eigenvalue weighted by Crippen LogP contribution is -2.22. The van der Waals surface area contributed by atoms with E-state index in [1.807, 2.05) is 30.9 Å². The molecule has 5 heteroatoms. The number of carboxylic acid groups (broad SMARTS) is 1. The van der Waals surface area contributed by atoms with Gasteiger partial charge in [0, 0.05) is 25.2 Å². The van der Waals surface area contributed by atoms with Crippen LogP contribution in [0.3, 0.4) is 0 Å². The molecule has 0 saturated carbocycles. The van der Waals surface area contributed by atoms with Crippen LogP contribution >= 0.6 is 0 Å². The van der Waals surface area contributed by atoms with Crippen molar-refractivity contribution in [2.24, 2.45) is 0 Å². The van der Waals surface area contributed by atoms with Crippen LogP contribution in [0.2, 0.25) is 0 Å². The molecular weight excluding hydrogens is 266 g/mol. The minimum absolute atomic E-state index is 0.0238. The number of nitrogens with zero attached hydrogens (tertiary/aromatic N) is 3. The van der Waals surface area contributed by atoms with Crippen LogP contribution in [0.1, 0.15) is 23.1 Å². The fraction of sp³-hybridized carbons (Fsp3) is 0.312. The Morgan fingerprint density at radius 2 is 2.14 bits per heavy atom. The van der Waals surface area contributed by atoms with Gasteiger partial charge in [-0.05, 0) is 25.5 Å². The van der Waals surface area contributed by atoms with E-state index in [4.69, 9.17) is 5.11 Å². The first-order chi connectivity index (χ1) is 9.93. The Morgan fingerprint density at radius 3 is 2.76 bits per heavy atom. The van der Waals surface area contributed by atoms with Crippen LogP contribution in [0.4, 0.5) is 5.69 Å². The third-order valence-electron chi connectivity index (χ3n) is 3.44. The lowest BCUT2D eigenvalue weighted by molar-refractivity contribution is -0.136. The van der Waals surface area contributed by atoms with Crippen LogP contribution in [-0.4, -0.2) is 29.7 Å². The third kappa shape index (κ3) is 2.95. The Balaban J connectivity index is 2.63. The van der Waals surface area contributed by atoms with Crippen molar-refractivity contribution < 1.29 is 9.90 Å². The molecule has 1 aromatic heterocycles. The van der Waals surface area contributed by atoms with Gasteiger partial charge in [0.1, 0.15) is 6.07 Å². The molecule has 2 aromatic rings. The maximum absolute atomic E-state index is 10.8. The Labute approximate surface area is 123 Å². The van der Waals surface area contributed by atoms with E-state index >= 15 is 0 Å². The molecule has 0 aliphatic carbocycles. The minimum atomic E-state index is -0.855. The number of hydrogen-bond acceptors (Lipinski definition) is 4. The highest BCUT2D eigenvalue weighted by Gasteiger charge is 2.15. The van der Waals surface area contributed by atoms with Gasteiger partial charge in [-0.2, -0.15) is 5.26 Å². The van der Waals surface area contributed by atoms with Crippen molar-refractivity contribution in [3.05, 3.63) is 35.0 Å². The number of aliphatic carboxylic acids is 1. The monoisotopic (exact) mass is 283 g/mol. The minimum Gasteiger partial charge on any atom is -0.481 e. The van der Waals surface area contributed by atoms with E-state index in [2.05, 4.69) is 11.1 Å². The second-order valence-electron chi connectivity index (χ2n) is 5.18. The van der Waals surface area contributed by atoms with Crippen molar-refractivity contribution in [3.8, 4) is 6.07 Å². The molecule has 1 heterocycles. The van der Waals surface area contributed by atoms with E-state index < -0.39 is 5.97 Å². The molecule has 0 radical (unpaired) electrons. The molecule has 0 aliphatic heterocycles. The normalized spacial score (nSPS) is 10.4. The third-order valence-corrected chi connectivity index (χ3v) is 3.44. The van der Waals surface area contributed by atoms with Crippen LogP contribution in [0.25, 0.3) is 10.9 Å². The van der Waals surface area contributed by atoms with Crippen LogP contribution in [-0.2, 0) is 4.79 Å². The maximum atomic E-state index is 10.8. The lowest BCUT2D eigenvalue weighted by Gasteiger charge is -2.22. The summed E-state index contributed by atoms with van der Waals surface area (Å²) in [5, 5.41) is 19.0. The van der Waals surface area contributed by atoms with Crippen LogP contribution < -0.4 is 4.90 Å². The second-order valence-corrected chi connectivity index (χ2v) is 5.18. The van der Waals surface area contributed by atoms with E-state index in [1.165, 1.54) is 0 Å². The molecule has 2 rings (SSSR count). The molecule has 1 N–H and O–H groups in total. The van der Waals surface area contributed by atoms with Gasteiger partial charge in [0.15, 0.2) is 0 Å². The van der Waals surface area contributed by atoms with Gasteiger partial charge in [-0.3, -0.25) is 9.78 Å². The summed E-state index contributed by atoms with van der Waals surface area (Å²) in [7, 11) is 1.80. The highest BCUT2D eigenvalue weighted by Crippen LogP contribution is 2.31. The van der Waals surface area contributed by atoms with Gasteiger partial charge in [0.25, 0.3) is 0 Å². The number of fused-ring (bicyclic) bond motifs is 1. The number of aromatic nitrogens is 1. The molecule has 0 unspecified atom stereocenters. The van der Waals surface area contributed by atoms with Crippen LogP contribution in [0.5, 0.6) is 0 Å². The Morgan fingerprint density at radius 1 is 1.43 bits per heavy atom. The molecule has 0 amide bonds. The summed E-state index contributed by atoms with van der Waals surface area (Å²) >= 11 is 0. The first kappa shape index (κ1) is 14.8. The highest BCUT2D eigenvalue weighted by atomic mass is 16.4. The molecule has 1 aromatic carbocycles. The van der Waals surface area contributed by atoms with Gasteiger partial charge < -0.3 is 10.0 Å². The first-order valence-corrected chi connectivity index (χ1v) is 6.67. The number of carbonyl (C=O) groups is 1. The Bertz CT molecular complexity index is 747. The van der Waals surface area contributed by atoms with E-state index in [1.54, 1.807) is 13.2 Å². The van der Waals surface area contributed by atoms with Gasteiger partial charge in [-0.15, -0.1) is 0 Å². The summed E-state index contributed by atoms with van der Waals surface area (Å²) in [4.78, 5) is 16.9. The Kier molecular flexibility index (Phi) is 4.08. The van der Waals surface area contributed by atoms with Crippen molar-refractivity contribution in [1.82, 2.24) is 4.98 Å². The molecule has 5 nitrogen and oxygen atoms in total. The van der Waals surface area contributed by atoms with Crippen LogP contribution in [0, 0.1) is 25.2 Å². The number of pyridine rings is 1. The second kappa shape index (κ2) is 5.80. The quantitative estimate of drug-likeness (QED) is 0.933. The highest BCUT2D eigenvalue weighted by molar-refractivity contribution is 5.96. The zero-order chi connectivity index (χ0) is 15.6. The number of carboxylic acids is 1. The van der Waals surface area contributed by atoms with E-state index in [0.717, 1.165) is 27.7 Å². The molecule has 0 atom stereocenters. The van der Waals surface area contributed by atoms with Gasteiger partial charge in [-0.25, -0.2) is 0 Å². The standard InChI is InChI=1S/C16H17N3O2/c1-10-6-11(2)15-13(7-10)16(12(8-17)9-18-15)19(3)5-4-14(20)21/h6-7,9H,4-5H2,1-3H3,(H,20,21).